The van der Waals surface area contributed by atoms with E-state index in [1.165, 1.54) is 18.2 Å². The monoisotopic (exact) mass is 377 g/mol. The Balaban J connectivity index is 1.93. The fourth-order valence-electron chi connectivity index (χ4n) is 3.58. The van der Waals surface area contributed by atoms with Crippen LogP contribution in [0.3, 0.4) is 0 Å². The molecular weight excluding hydrogens is 358 g/mol. The highest BCUT2D eigenvalue weighted by atomic mass is 16.3. The Morgan fingerprint density at radius 2 is 1.86 bits per heavy atom. The molecule has 2 heterocycles. The number of ketones is 2. The molecule has 0 radical (unpaired) electrons. The predicted octanol–water partition coefficient (Wildman–Crippen LogP) is 1.71. The molecule has 1 aromatic carbocycles. The SMILES string of the molecule is CN(C)CCNC(=O)c1c2c(n3ccccc13)C(=O)c1cccc(O)c1C2=O. The molecule has 142 valence electrons. The smallest absolute Gasteiger partial charge is 0.254 e. The third kappa shape index (κ3) is 2.59. The Kier molecular flexibility index (Phi) is 4.24. The Bertz CT molecular complexity index is 1140. The van der Waals surface area contributed by atoms with Crippen LogP contribution in [0.2, 0.25) is 0 Å². The second-order valence-electron chi connectivity index (χ2n) is 6.97. The van der Waals surface area contributed by atoms with Crippen molar-refractivity contribution in [2.45, 2.75) is 0 Å². The lowest BCUT2D eigenvalue weighted by atomic mass is 9.85. The minimum Gasteiger partial charge on any atom is -0.507 e. The van der Waals surface area contributed by atoms with Crippen LogP contribution in [0.15, 0.2) is 42.6 Å². The molecule has 0 saturated carbocycles. The van der Waals surface area contributed by atoms with E-state index in [2.05, 4.69) is 5.32 Å². The minimum absolute atomic E-state index is 0.0348. The quantitative estimate of drug-likeness (QED) is 0.565. The first kappa shape index (κ1) is 17.9. The summed E-state index contributed by atoms with van der Waals surface area (Å²) in [7, 11) is 3.79. The number of likely N-dealkylation sites (N-methyl/N-ethyl adjacent to an activating group) is 1. The Morgan fingerprint density at radius 3 is 2.61 bits per heavy atom. The van der Waals surface area contributed by atoms with Gasteiger partial charge in [-0.15, -0.1) is 0 Å². The van der Waals surface area contributed by atoms with Gasteiger partial charge in [-0.25, -0.2) is 0 Å². The second kappa shape index (κ2) is 6.61. The van der Waals surface area contributed by atoms with Crippen molar-refractivity contribution >= 4 is 23.0 Å². The van der Waals surface area contributed by atoms with Gasteiger partial charge in [0.1, 0.15) is 11.4 Å². The summed E-state index contributed by atoms with van der Waals surface area (Å²) < 4.78 is 1.57. The zero-order valence-electron chi connectivity index (χ0n) is 15.5. The number of hydrogen-bond acceptors (Lipinski definition) is 5. The van der Waals surface area contributed by atoms with Gasteiger partial charge in [0.05, 0.1) is 22.2 Å². The standard InChI is InChI=1S/C21H19N3O4/c1-23(2)11-9-22-21(28)16-13-7-3-4-10-24(13)18-17(16)20(27)15-12(19(18)26)6-5-8-14(15)25/h3-8,10,25H,9,11H2,1-2H3,(H,22,28). The summed E-state index contributed by atoms with van der Waals surface area (Å²) in [5, 5.41) is 13.0. The van der Waals surface area contributed by atoms with Gasteiger partial charge >= 0.3 is 0 Å². The summed E-state index contributed by atoms with van der Waals surface area (Å²) in [6, 6.07) is 9.58. The van der Waals surface area contributed by atoms with Crippen molar-refractivity contribution in [1.29, 1.82) is 0 Å². The van der Waals surface area contributed by atoms with Crippen LogP contribution in [0, 0.1) is 0 Å². The van der Waals surface area contributed by atoms with Crippen LogP contribution in [0.4, 0.5) is 0 Å². The highest BCUT2D eigenvalue weighted by molar-refractivity contribution is 6.32. The molecule has 1 aliphatic carbocycles. The van der Waals surface area contributed by atoms with Crippen molar-refractivity contribution in [3.05, 3.63) is 70.5 Å². The molecule has 1 aliphatic rings. The number of aromatic hydroxyl groups is 1. The molecular formula is C21H19N3O4. The summed E-state index contributed by atoms with van der Waals surface area (Å²) in [4.78, 5) is 41.3. The number of carbonyl (C=O) groups is 3. The molecule has 2 aromatic heterocycles. The van der Waals surface area contributed by atoms with E-state index < -0.39 is 17.5 Å². The lowest BCUT2D eigenvalue weighted by Gasteiger charge is -2.17. The molecule has 0 bridgehead atoms. The number of hydrogen-bond donors (Lipinski definition) is 2. The van der Waals surface area contributed by atoms with E-state index in [0.717, 1.165) is 0 Å². The van der Waals surface area contributed by atoms with E-state index in [4.69, 9.17) is 0 Å². The Hall–Kier alpha value is -3.45. The van der Waals surface area contributed by atoms with Crippen molar-refractivity contribution < 1.29 is 19.5 Å². The van der Waals surface area contributed by atoms with Crippen molar-refractivity contribution in [3.63, 3.8) is 0 Å². The maximum atomic E-state index is 13.2. The van der Waals surface area contributed by atoms with Crippen molar-refractivity contribution in [1.82, 2.24) is 14.6 Å². The van der Waals surface area contributed by atoms with Crippen LogP contribution in [0.1, 0.15) is 42.3 Å². The van der Waals surface area contributed by atoms with Gasteiger partial charge in [0.2, 0.25) is 11.6 Å². The van der Waals surface area contributed by atoms with Crippen LogP contribution in [-0.2, 0) is 0 Å². The van der Waals surface area contributed by atoms with E-state index in [1.807, 2.05) is 19.0 Å². The third-order valence-electron chi connectivity index (χ3n) is 4.87. The van der Waals surface area contributed by atoms with Crippen LogP contribution < -0.4 is 5.32 Å². The topological polar surface area (TPSA) is 91.1 Å². The minimum atomic E-state index is -0.524. The van der Waals surface area contributed by atoms with Gasteiger partial charge in [0, 0.05) is 24.8 Å². The largest absolute Gasteiger partial charge is 0.507 e. The van der Waals surface area contributed by atoms with Crippen LogP contribution in [0.5, 0.6) is 5.75 Å². The summed E-state index contributed by atoms with van der Waals surface area (Å²) in [5.74, 6) is -1.61. The number of benzene rings is 1. The van der Waals surface area contributed by atoms with E-state index in [1.54, 1.807) is 28.8 Å². The summed E-state index contributed by atoms with van der Waals surface area (Å²) >= 11 is 0. The van der Waals surface area contributed by atoms with E-state index in [0.29, 0.717) is 18.6 Å². The van der Waals surface area contributed by atoms with E-state index in [-0.39, 0.29) is 33.7 Å². The number of phenolic OH excluding ortho intramolecular Hbond substituents is 1. The molecule has 28 heavy (non-hydrogen) atoms. The first-order valence-electron chi connectivity index (χ1n) is 8.89. The van der Waals surface area contributed by atoms with Crippen molar-refractivity contribution in [2.75, 3.05) is 27.2 Å². The van der Waals surface area contributed by atoms with Crippen LogP contribution in [0.25, 0.3) is 5.52 Å². The number of pyridine rings is 1. The normalized spacial score (nSPS) is 13.0. The Labute approximate surface area is 161 Å². The first-order valence-corrected chi connectivity index (χ1v) is 8.89. The fraction of sp³-hybridized carbons (Fsp3) is 0.190. The lowest BCUT2D eigenvalue weighted by Crippen LogP contribution is -2.32. The van der Waals surface area contributed by atoms with Crippen molar-refractivity contribution in [3.8, 4) is 5.75 Å². The number of amides is 1. The predicted molar refractivity (Wildman–Crippen MR) is 103 cm³/mol. The zero-order valence-corrected chi connectivity index (χ0v) is 15.5. The highest BCUT2D eigenvalue weighted by Gasteiger charge is 2.39. The summed E-state index contributed by atoms with van der Waals surface area (Å²) in [6.07, 6.45) is 1.66. The van der Waals surface area contributed by atoms with Crippen LogP contribution in [-0.4, -0.2) is 59.1 Å². The fourth-order valence-corrected chi connectivity index (χ4v) is 3.58. The maximum Gasteiger partial charge on any atom is 0.254 e. The molecule has 1 amide bonds. The van der Waals surface area contributed by atoms with Gasteiger partial charge in [-0.1, -0.05) is 12.1 Å². The third-order valence-corrected chi connectivity index (χ3v) is 4.87. The molecule has 0 fully saturated rings. The van der Waals surface area contributed by atoms with Gasteiger partial charge in [-0.2, -0.15) is 0 Å². The average Bonchev–Trinajstić information content (AvgIpc) is 3.01. The van der Waals surface area contributed by atoms with Crippen LogP contribution >= 0.6 is 0 Å². The molecule has 3 aromatic rings. The van der Waals surface area contributed by atoms with E-state index >= 15 is 0 Å². The van der Waals surface area contributed by atoms with Gasteiger partial charge in [-0.3, -0.25) is 14.4 Å². The molecule has 0 atom stereocenters. The van der Waals surface area contributed by atoms with Crippen molar-refractivity contribution in [2.24, 2.45) is 0 Å². The molecule has 4 rings (SSSR count). The number of nitrogens with zero attached hydrogens (tertiary/aromatic N) is 2. The summed E-state index contributed by atoms with van der Waals surface area (Å²) in [6.45, 7) is 1.03. The molecule has 7 heteroatoms. The Morgan fingerprint density at radius 1 is 1.07 bits per heavy atom. The zero-order chi connectivity index (χ0) is 20.0. The molecule has 7 nitrogen and oxygen atoms in total. The van der Waals surface area contributed by atoms with Gasteiger partial charge in [0.15, 0.2) is 0 Å². The van der Waals surface area contributed by atoms with Gasteiger partial charge in [0.25, 0.3) is 5.91 Å². The molecule has 0 unspecified atom stereocenters. The number of nitrogens with one attached hydrogen (secondary N) is 1. The lowest BCUT2D eigenvalue weighted by molar-refractivity contribution is 0.0937. The molecule has 0 saturated heterocycles. The molecule has 2 N–H and O–H groups in total. The number of fused-ring (bicyclic) bond motifs is 4. The number of rotatable bonds is 4. The number of phenols is 1. The van der Waals surface area contributed by atoms with Gasteiger partial charge < -0.3 is 19.7 Å². The number of carbonyl (C=O) groups excluding carboxylic acids is 3. The molecule has 0 spiro atoms. The molecule has 0 aliphatic heterocycles. The summed E-state index contributed by atoms with van der Waals surface area (Å²) in [5.41, 5.74) is 0.896. The first-order chi connectivity index (χ1) is 13.4. The highest BCUT2D eigenvalue weighted by Crippen LogP contribution is 2.36. The maximum absolute atomic E-state index is 13.2. The average molecular weight is 377 g/mol. The van der Waals surface area contributed by atoms with Gasteiger partial charge in [-0.05, 0) is 38.4 Å². The van der Waals surface area contributed by atoms with E-state index in [9.17, 15) is 19.5 Å². The number of aromatic nitrogens is 1. The second-order valence-corrected chi connectivity index (χ2v) is 6.97.